The van der Waals surface area contributed by atoms with Gasteiger partial charge in [-0.2, -0.15) is 15.0 Å². The molecule has 0 radical (unpaired) electrons. The quantitative estimate of drug-likeness (QED) is 0.547. The van der Waals surface area contributed by atoms with Crippen LogP contribution in [0.3, 0.4) is 0 Å². The van der Waals surface area contributed by atoms with Crippen LogP contribution < -0.4 is 9.39 Å². The first-order chi connectivity index (χ1) is 13.5. The second-order valence-corrected chi connectivity index (χ2v) is 6.99. The number of nitrogens with zero attached hydrogens (tertiary/aromatic N) is 4. The minimum atomic E-state index is -1.15. The van der Waals surface area contributed by atoms with E-state index in [4.69, 9.17) is 9.39 Å². The van der Waals surface area contributed by atoms with E-state index >= 15 is 0 Å². The summed E-state index contributed by atoms with van der Waals surface area (Å²) in [5.41, 5.74) is 0.700. The number of ether oxygens (including phenoxy) is 1. The molecule has 10 nitrogen and oxygen atoms in total. The zero-order chi connectivity index (χ0) is 19.7. The third kappa shape index (κ3) is 3.68. The molecule has 3 heterocycles. The van der Waals surface area contributed by atoms with E-state index in [1.807, 2.05) is 0 Å². The van der Waals surface area contributed by atoms with Crippen molar-refractivity contribution in [3.63, 3.8) is 0 Å². The van der Waals surface area contributed by atoms with Gasteiger partial charge in [0.2, 0.25) is 0 Å². The van der Waals surface area contributed by atoms with E-state index in [2.05, 4.69) is 15.1 Å². The van der Waals surface area contributed by atoms with Crippen molar-refractivity contribution in [1.82, 2.24) is 19.9 Å². The van der Waals surface area contributed by atoms with E-state index in [9.17, 15) is 20.0 Å². The zero-order valence-electron chi connectivity index (χ0n) is 15.1. The number of fused-ring (bicyclic) bond motifs is 1. The predicted molar refractivity (Wildman–Crippen MR) is 97.5 cm³/mol. The van der Waals surface area contributed by atoms with Gasteiger partial charge in [0, 0.05) is 19.6 Å². The number of carboxylic acid groups (broad SMARTS) is 1. The standard InChI is InChI=1S/C17H21BN4O6/c23-10-12(22-19-5-6-20-22)7-21-8-13(9-21)27-14-2-1-11-3-4-18(26)28-16(11)15(14)17(24)25/h1-2,5-6,12-13,23,26H,3-4,7-10H2,(H,24,25)/t12-/m1/s1. The van der Waals surface area contributed by atoms with E-state index in [1.54, 1.807) is 24.5 Å². The van der Waals surface area contributed by atoms with Crippen molar-refractivity contribution in [2.75, 3.05) is 26.2 Å². The summed E-state index contributed by atoms with van der Waals surface area (Å²) in [6.45, 7) is 1.68. The molecule has 1 saturated heterocycles. The van der Waals surface area contributed by atoms with E-state index in [-0.39, 0.29) is 35.8 Å². The third-order valence-corrected chi connectivity index (χ3v) is 4.99. The maximum atomic E-state index is 11.8. The Labute approximate surface area is 161 Å². The molecule has 0 aliphatic carbocycles. The molecule has 0 saturated carbocycles. The van der Waals surface area contributed by atoms with Gasteiger partial charge in [0.1, 0.15) is 29.2 Å². The fraction of sp³-hybridized carbons (Fsp3) is 0.471. The lowest BCUT2D eigenvalue weighted by atomic mass is 9.78. The maximum Gasteiger partial charge on any atom is 0.522 e. The van der Waals surface area contributed by atoms with Crippen molar-refractivity contribution < 1.29 is 29.4 Å². The number of aliphatic hydroxyl groups is 1. The number of hydrogen-bond acceptors (Lipinski definition) is 8. The molecule has 0 amide bonds. The molecule has 2 aliphatic rings. The van der Waals surface area contributed by atoms with Crippen LogP contribution >= 0.6 is 0 Å². The number of aliphatic hydroxyl groups excluding tert-OH is 1. The van der Waals surface area contributed by atoms with E-state index in [0.717, 1.165) is 5.56 Å². The molecular formula is C17H21BN4O6. The largest absolute Gasteiger partial charge is 0.535 e. The minimum Gasteiger partial charge on any atom is -0.535 e. The molecule has 1 atom stereocenters. The molecule has 1 aromatic carbocycles. The fourth-order valence-corrected chi connectivity index (χ4v) is 3.56. The molecule has 3 N–H and O–H groups in total. The highest BCUT2D eigenvalue weighted by atomic mass is 16.5. The van der Waals surface area contributed by atoms with Gasteiger partial charge in [-0.3, -0.25) is 4.90 Å². The number of aryl methyl sites for hydroxylation is 1. The van der Waals surface area contributed by atoms with Gasteiger partial charge >= 0.3 is 13.1 Å². The molecule has 1 aromatic heterocycles. The number of carbonyl (C=O) groups is 1. The van der Waals surface area contributed by atoms with Gasteiger partial charge < -0.3 is 24.6 Å². The Bertz CT molecular complexity index is 842. The molecule has 2 aliphatic heterocycles. The second-order valence-electron chi connectivity index (χ2n) is 6.99. The molecular weight excluding hydrogens is 367 g/mol. The normalized spacial score (nSPS) is 18.1. The van der Waals surface area contributed by atoms with Crippen LogP contribution in [0.25, 0.3) is 0 Å². The van der Waals surface area contributed by atoms with Crippen LogP contribution in [0.2, 0.25) is 6.32 Å². The molecule has 148 valence electrons. The first-order valence-electron chi connectivity index (χ1n) is 9.14. The number of benzene rings is 1. The number of aromatic carboxylic acids is 1. The number of aromatic nitrogens is 3. The molecule has 1 fully saturated rings. The third-order valence-electron chi connectivity index (χ3n) is 4.99. The van der Waals surface area contributed by atoms with Gasteiger partial charge in [-0.15, -0.1) is 0 Å². The molecule has 0 unspecified atom stereocenters. The van der Waals surface area contributed by atoms with Gasteiger partial charge in [0.25, 0.3) is 0 Å². The summed E-state index contributed by atoms with van der Waals surface area (Å²) in [6, 6.07) is 3.19. The van der Waals surface area contributed by atoms with Crippen LogP contribution in [0, 0.1) is 0 Å². The maximum absolute atomic E-state index is 11.8. The van der Waals surface area contributed by atoms with E-state index in [0.29, 0.717) is 32.4 Å². The summed E-state index contributed by atoms with van der Waals surface area (Å²) in [5, 5.41) is 37.0. The average Bonchev–Trinajstić information content (AvgIpc) is 3.17. The predicted octanol–water partition coefficient (Wildman–Crippen LogP) is -0.312. The molecule has 2 aromatic rings. The van der Waals surface area contributed by atoms with Crippen molar-refractivity contribution in [3.05, 3.63) is 35.7 Å². The summed E-state index contributed by atoms with van der Waals surface area (Å²) >= 11 is 0. The van der Waals surface area contributed by atoms with Crippen LogP contribution in [-0.4, -0.2) is 80.6 Å². The number of carboxylic acids is 1. The van der Waals surface area contributed by atoms with Crippen LogP contribution in [0.5, 0.6) is 11.5 Å². The highest BCUT2D eigenvalue weighted by Crippen LogP contribution is 2.37. The Kier molecular flexibility index (Phi) is 5.20. The highest BCUT2D eigenvalue weighted by Gasteiger charge is 2.34. The lowest BCUT2D eigenvalue weighted by Gasteiger charge is -2.40. The molecule has 0 bridgehead atoms. The number of hydrogen-bond donors (Lipinski definition) is 3. The van der Waals surface area contributed by atoms with Gasteiger partial charge in [-0.05, 0) is 24.4 Å². The summed E-state index contributed by atoms with van der Waals surface area (Å²) < 4.78 is 11.3. The van der Waals surface area contributed by atoms with Crippen LogP contribution in [0.4, 0.5) is 0 Å². The van der Waals surface area contributed by atoms with Crippen LogP contribution in [0.15, 0.2) is 24.5 Å². The first kappa shape index (κ1) is 18.7. The lowest BCUT2D eigenvalue weighted by Crippen LogP contribution is -2.55. The fourth-order valence-electron chi connectivity index (χ4n) is 3.56. The van der Waals surface area contributed by atoms with E-state index < -0.39 is 13.1 Å². The van der Waals surface area contributed by atoms with Crippen molar-refractivity contribution >= 4 is 13.1 Å². The summed E-state index contributed by atoms with van der Waals surface area (Å²) in [6.07, 6.45) is 3.94. The Morgan fingerprint density at radius 1 is 1.36 bits per heavy atom. The molecule has 4 rings (SSSR count). The van der Waals surface area contributed by atoms with Gasteiger partial charge in [0.05, 0.1) is 19.0 Å². The van der Waals surface area contributed by atoms with Crippen molar-refractivity contribution in [2.45, 2.75) is 24.9 Å². The van der Waals surface area contributed by atoms with Crippen molar-refractivity contribution in [3.8, 4) is 11.5 Å². The minimum absolute atomic E-state index is 0.0522. The average molecular weight is 388 g/mol. The monoisotopic (exact) mass is 388 g/mol. The SMILES string of the molecule is O=C(O)c1c(OC2CN(C[C@H](CO)n3nccn3)C2)ccc2c1OB(O)CC2. The van der Waals surface area contributed by atoms with Gasteiger partial charge in [-0.1, -0.05) is 6.07 Å². The second kappa shape index (κ2) is 7.78. The molecule has 0 spiro atoms. The Morgan fingerprint density at radius 2 is 2.11 bits per heavy atom. The Balaban J connectivity index is 1.41. The van der Waals surface area contributed by atoms with Crippen LogP contribution in [0.1, 0.15) is 22.0 Å². The smallest absolute Gasteiger partial charge is 0.522 e. The first-order valence-corrected chi connectivity index (χ1v) is 9.14. The summed E-state index contributed by atoms with van der Waals surface area (Å²) in [4.78, 5) is 15.3. The highest BCUT2D eigenvalue weighted by molar-refractivity contribution is 6.44. The number of rotatable bonds is 7. The zero-order valence-corrected chi connectivity index (χ0v) is 15.1. The van der Waals surface area contributed by atoms with Crippen molar-refractivity contribution in [1.29, 1.82) is 0 Å². The van der Waals surface area contributed by atoms with E-state index in [1.165, 1.54) is 4.80 Å². The summed E-state index contributed by atoms with van der Waals surface area (Å²) in [5.74, 6) is -0.732. The summed E-state index contributed by atoms with van der Waals surface area (Å²) in [7, 11) is -1.01. The molecule has 11 heteroatoms. The topological polar surface area (TPSA) is 130 Å². The molecule has 28 heavy (non-hydrogen) atoms. The van der Waals surface area contributed by atoms with Crippen molar-refractivity contribution in [2.24, 2.45) is 0 Å². The Morgan fingerprint density at radius 3 is 2.79 bits per heavy atom. The van der Waals surface area contributed by atoms with Gasteiger partial charge in [0.15, 0.2) is 0 Å². The lowest BCUT2D eigenvalue weighted by molar-refractivity contribution is 0.00219. The van der Waals surface area contributed by atoms with Gasteiger partial charge in [-0.25, -0.2) is 4.79 Å². The number of likely N-dealkylation sites (tertiary alicyclic amines) is 1. The van der Waals surface area contributed by atoms with Crippen LogP contribution in [-0.2, 0) is 6.42 Å². The Hall–Kier alpha value is -2.63.